The lowest BCUT2D eigenvalue weighted by Gasteiger charge is -1.96. The zero-order valence-electron chi connectivity index (χ0n) is 17.2. The number of benzene rings is 2. The first-order chi connectivity index (χ1) is 15.6. The molecular formula is C22H18N6O4. The van der Waals surface area contributed by atoms with Crippen LogP contribution in [0.25, 0.3) is 34.2 Å². The lowest BCUT2D eigenvalue weighted by atomic mass is 10.2. The number of methoxy groups -OCH3 is 2. The van der Waals surface area contributed by atoms with Crippen molar-refractivity contribution >= 4 is 46.2 Å². The number of hydrogen-bond donors (Lipinski definition) is 0. The number of carbonyl (C=O) groups is 2. The summed E-state index contributed by atoms with van der Waals surface area (Å²) in [6.07, 6.45) is 8.80. The maximum atomic E-state index is 10.9. The lowest BCUT2D eigenvalue weighted by Crippen LogP contribution is -1.93. The molecule has 0 radical (unpaired) electrons. The summed E-state index contributed by atoms with van der Waals surface area (Å²) in [5.74, 6) is -0.776. The number of carbonyl (C=O) groups excluding carboxylic acids is 2. The summed E-state index contributed by atoms with van der Waals surface area (Å²) in [5, 5.41) is 15.2. The predicted octanol–water partition coefficient (Wildman–Crippen LogP) is 2.42. The summed E-state index contributed by atoms with van der Waals surface area (Å²) in [6.45, 7) is 0. The van der Waals surface area contributed by atoms with Gasteiger partial charge in [-0.2, -0.15) is 0 Å². The molecule has 2 heterocycles. The van der Waals surface area contributed by atoms with Gasteiger partial charge in [0.2, 0.25) is 0 Å². The van der Waals surface area contributed by atoms with Crippen LogP contribution in [0, 0.1) is 0 Å². The highest BCUT2D eigenvalue weighted by Gasteiger charge is 1.98. The van der Waals surface area contributed by atoms with E-state index in [0.29, 0.717) is 0 Å². The monoisotopic (exact) mass is 430 g/mol. The molecule has 32 heavy (non-hydrogen) atoms. The van der Waals surface area contributed by atoms with Crippen LogP contribution in [0.4, 0.5) is 0 Å². The van der Waals surface area contributed by atoms with E-state index >= 15 is 0 Å². The number of esters is 2. The number of nitrogens with zero attached hydrogens (tertiary/aromatic N) is 6. The molecule has 0 saturated heterocycles. The van der Waals surface area contributed by atoms with Crippen LogP contribution in [0.15, 0.2) is 61.2 Å². The van der Waals surface area contributed by atoms with Crippen LogP contribution in [0.3, 0.4) is 0 Å². The molecule has 0 atom stereocenters. The molecule has 2 aromatic carbocycles. The Balaban J connectivity index is 0.000000181. The molecule has 160 valence electrons. The molecule has 0 spiro atoms. The molecule has 4 rings (SSSR count). The van der Waals surface area contributed by atoms with Gasteiger partial charge in [-0.25, -0.2) is 19.6 Å². The predicted molar refractivity (Wildman–Crippen MR) is 117 cm³/mol. The fourth-order valence-electron chi connectivity index (χ4n) is 2.48. The highest BCUT2D eigenvalue weighted by molar-refractivity contribution is 5.88. The molecule has 0 N–H and O–H groups in total. The molecule has 0 unspecified atom stereocenters. The fraction of sp³-hybridized carbons (Fsp3) is 0.0909. The molecule has 10 heteroatoms. The third-order valence-corrected chi connectivity index (χ3v) is 4.05. The van der Waals surface area contributed by atoms with Gasteiger partial charge in [0.15, 0.2) is 0 Å². The van der Waals surface area contributed by atoms with Crippen LogP contribution >= 0.6 is 0 Å². The fourth-order valence-corrected chi connectivity index (χ4v) is 2.48. The van der Waals surface area contributed by atoms with Crippen molar-refractivity contribution in [1.29, 1.82) is 0 Å². The molecular weight excluding hydrogens is 412 g/mol. The number of aromatic nitrogens is 6. The van der Waals surface area contributed by atoms with Crippen LogP contribution in [-0.4, -0.2) is 56.5 Å². The second-order valence-electron chi connectivity index (χ2n) is 6.13. The van der Waals surface area contributed by atoms with Crippen LogP contribution in [0.5, 0.6) is 0 Å². The van der Waals surface area contributed by atoms with Gasteiger partial charge in [0.05, 0.1) is 25.3 Å². The Labute approximate surface area is 182 Å². The van der Waals surface area contributed by atoms with Crippen molar-refractivity contribution in [3.8, 4) is 0 Å². The summed E-state index contributed by atoms with van der Waals surface area (Å²) in [7, 11) is 2.68. The Morgan fingerprint density at radius 1 is 0.688 bits per heavy atom. The third-order valence-electron chi connectivity index (χ3n) is 4.05. The van der Waals surface area contributed by atoms with Crippen LogP contribution in [0.1, 0.15) is 11.1 Å². The van der Waals surface area contributed by atoms with Crippen LogP contribution < -0.4 is 0 Å². The first-order valence-electron chi connectivity index (χ1n) is 9.26. The molecule has 0 bridgehead atoms. The quantitative estimate of drug-likeness (QED) is 0.351. The highest BCUT2D eigenvalue weighted by atomic mass is 16.5. The topological polar surface area (TPSA) is 130 Å². The Hall–Kier alpha value is -4.60. The SMILES string of the molecule is COC(=O)C=Cc1ccc2nncnc2c1.COC(=O)C=Cc1ccc2nncnc2c1. The molecule has 0 aliphatic carbocycles. The van der Waals surface area contributed by atoms with Crippen LogP contribution in [0.2, 0.25) is 0 Å². The zero-order chi connectivity index (χ0) is 22.8. The van der Waals surface area contributed by atoms with Crippen molar-refractivity contribution in [2.75, 3.05) is 14.2 Å². The van der Waals surface area contributed by atoms with Gasteiger partial charge in [-0.1, -0.05) is 12.1 Å². The first kappa shape index (κ1) is 22.1. The van der Waals surface area contributed by atoms with E-state index in [2.05, 4.69) is 39.8 Å². The molecule has 0 aliphatic rings. The molecule has 10 nitrogen and oxygen atoms in total. The first-order valence-corrected chi connectivity index (χ1v) is 9.26. The minimum atomic E-state index is -0.388. The number of fused-ring (bicyclic) bond motifs is 2. The van der Waals surface area contributed by atoms with Gasteiger partial charge in [0.25, 0.3) is 0 Å². The van der Waals surface area contributed by atoms with E-state index in [1.807, 2.05) is 24.3 Å². The van der Waals surface area contributed by atoms with Crippen molar-refractivity contribution in [2.24, 2.45) is 0 Å². The highest BCUT2D eigenvalue weighted by Crippen LogP contribution is 2.12. The van der Waals surface area contributed by atoms with Crippen LogP contribution in [-0.2, 0) is 19.1 Å². The van der Waals surface area contributed by atoms with Crippen molar-refractivity contribution in [3.63, 3.8) is 0 Å². The van der Waals surface area contributed by atoms with E-state index < -0.39 is 0 Å². The summed E-state index contributed by atoms with van der Waals surface area (Å²) in [6, 6.07) is 10.9. The van der Waals surface area contributed by atoms with Gasteiger partial charge in [0, 0.05) is 12.2 Å². The lowest BCUT2D eigenvalue weighted by molar-refractivity contribution is -0.135. The van der Waals surface area contributed by atoms with E-state index in [1.54, 1.807) is 24.3 Å². The largest absolute Gasteiger partial charge is 0.466 e. The smallest absolute Gasteiger partial charge is 0.330 e. The maximum absolute atomic E-state index is 10.9. The number of ether oxygens (including phenoxy) is 2. The Morgan fingerprint density at radius 3 is 1.53 bits per heavy atom. The Morgan fingerprint density at radius 2 is 1.12 bits per heavy atom. The summed E-state index contributed by atoms with van der Waals surface area (Å²) in [4.78, 5) is 29.9. The number of rotatable bonds is 4. The van der Waals surface area contributed by atoms with E-state index in [9.17, 15) is 9.59 Å². The Bertz CT molecular complexity index is 1200. The maximum Gasteiger partial charge on any atom is 0.330 e. The standard InChI is InChI=1S/2C11H9N3O2/c2*1-16-11(15)5-3-8-2-4-9-10(6-8)12-7-13-14-9/h2*2-7H,1H3. The van der Waals surface area contributed by atoms with E-state index in [0.717, 1.165) is 33.2 Å². The van der Waals surface area contributed by atoms with E-state index in [-0.39, 0.29) is 11.9 Å². The molecule has 0 aliphatic heterocycles. The summed E-state index contributed by atoms with van der Waals surface area (Å²) >= 11 is 0. The van der Waals surface area contributed by atoms with Gasteiger partial charge >= 0.3 is 11.9 Å². The van der Waals surface area contributed by atoms with Crippen molar-refractivity contribution in [3.05, 3.63) is 72.3 Å². The third kappa shape index (κ3) is 6.20. The minimum Gasteiger partial charge on any atom is -0.466 e. The second kappa shape index (κ2) is 11.0. The Kier molecular flexibility index (Phi) is 7.58. The minimum absolute atomic E-state index is 0.388. The van der Waals surface area contributed by atoms with Crippen molar-refractivity contribution in [2.45, 2.75) is 0 Å². The molecule has 0 fully saturated rings. The molecule has 0 saturated carbocycles. The normalized spacial score (nSPS) is 10.8. The van der Waals surface area contributed by atoms with Gasteiger partial charge in [-0.3, -0.25) is 0 Å². The summed E-state index contributed by atoms with van der Waals surface area (Å²) < 4.78 is 8.99. The summed E-state index contributed by atoms with van der Waals surface area (Å²) in [5.41, 5.74) is 4.64. The van der Waals surface area contributed by atoms with Crippen molar-refractivity contribution in [1.82, 2.24) is 30.4 Å². The number of hydrogen-bond acceptors (Lipinski definition) is 10. The molecule has 4 aromatic rings. The zero-order valence-corrected chi connectivity index (χ0v) is 17.2. The van der Waals surface area contributed by atoms with Gasteiger partial charge < -0.3 is 9.47 Å². The average molecular weight is 430 g/mol. The molecule has 2 aromatic heterocycles. The second-order valence-corrected chi connectivity index (χ2v) is 6.13. The average Bonchev–Trinajstić information content (AvgIpc) is 2.85. The molecule has 0 amide bonds. The van der Waals surface area contributed by atoms with E-state index in [4.69, 9.17) is 0 Å². The van der Waals surface area contributed by atoms with Gasteiger partial charge in [-0.15, -0.1) is 20.4 Å². The van der Waals surface area contributed by atoms with E-state index in [1.165, 1.54) is 39.0 Å². The van der Waals surface area contributed by atoms with Crippen molar-refractivity contribution < 1.29 is 19.1 Å². The van der Waals surface area contributed by atoms with Gasteiger partial charge in [0.1, 0.15) is 23.7 Å². The van der Waals surface area contributed by atoms with Gasteiger partial charge in [-0.05, 0) is 47.5 Å².